The van der Waals surface area contributed by atoms with Gasteiger partial charge in [0, 0.05) is 17.9 Å². The predicted octanol–water partition coefficient (Wildman–Crippen LogP) is 6.48. The van der Waals surface area contributed by atoms with Crippen LogP contribution in [0.2, 0.25) is 15.1 Å². The second kappa shape index (κ2) is 6.21. The van der Waals surface area contributed by atoms with Crippen molar-refractivity contribution in [2.24, 2.45) is 5.11 Å². The van der Waals surface area contributed by atoms with E-state index in [1.807, 2.05) is 4.70 Å². The second-order valence-electron chi connectivity index (χ2n) is 5.98. The molecule has 0 spiro atoms. The summed E-state index contributed by atoms with van der Waals surface area (Å²) in [4.78, 5) is 0. The van der Waals surface area contributed by atoms with Gasteiger partial charge in [-0.15, -0.1) is 0 Å². The minimum Gasteiger partial charge on any atom is -0.0842 e. The van der Waals surface area contributed by atoms with E-state index in [9.17, 15) is 0 Å². The van der Waals surface area contributed by atoms with E-state index in [2.05, 4.69) is 20.8 Å². The molecular formula is C15H20Cl3N2+. The van der Waals surface area contributed by atoms with Crippen molar-refractivity contribution in [3.63, 3.8) is 0 Å². The first kappa shape index (κ1) is 16.1. The SMILES string of the molecule is CCCCC1CC(C)(C)N=[N+]1c1c(Cl)cc(Cl)cc1Cl. The van der Waals surface area contributed by atoms with Crippen LogP contribution in [-0.2, 0) is 0 Å². The van der Waals surface area contributed by atoms with Gasteiger partial charge in [0.2, 0.25) is 0 Å². The fourth-order valence-corrected chi connectivity index (χ4v) is 3.72. The van der Waals surface area contributed by atoms with Crippen LogP contribution in [0.15, 0.2) is 17.2 Å². The lowest BCUT2D eigenvalue weighted by atomic mass is 9.95. The van der Waals surface area contributed by atoms with Crippen LogP contribution in [-0.4, -0.2) is 16.3 Å². The fraction of sp³-hybridized carbons (Fsp3) is 0.600. The highest BCUT2D eigenvalue weighted by molar-refractivity contribution is 6.40. The highest BCUT2D eigenvalue weighted by atomic mass is 35.5. The minimum absolute atomic E-state index is 0.0787. The monoisotopic (exact) mass is 333 g/mol. The van der Waals surface area contributed by atoms with Gasteiger partial charge in [0.25, 0.3) is 5.69 Å². The zero-order chi connectivity index (χ0) is 14.9. The Bertz CT molecular complexity index is 515. The lowest BCUT2D eigenvalue weighted by Crippen LogP contribution is -2.20. The first-order valence-corrected chi connectivity index (χ1v) is 8.14. The fourth-order valence-electron chi connectivity index (χ4n) is 2.73. The van der Waals surface area contributed by atoms with E-state index in [4.69, 9.17) is 39.9 Å². The Morgan fingerprint density at radius 2 is 1.85 bits per heavy atom. The van der Waals surface area contributed by atoms with Crippen LogP contribution in [0, 0.1) is 0 Å². The third-order valence-electron chi connectivity index (χ3n) is 3.56. The van der Waals surface area contributed by atoms with Crippen molar-refractivity contribution < 1.29 is 4.70 Å². The minimum atomic E-state index is -0.0787. The summed E-state index contributed by atoms with van der Waals surface area (Å²) in [7, 11) is 0. The molecule has 0 amide bonds. The molecule has 0 N–H and O–H groups in total. The Kier molecular flexibility index (Phi) is 4.99. The third kappa shape index (κ3) is 3.47. The van der Waals surface area contributed by atoms with E-state index in [0.29, 0.717) is 21.1 Å². The maximum absolute atomic E-state index is 6.34. The molecule has 0 saturated carbocycles. The molecular weight excluding hydrogens is 315 g/mol. The standard InChI is InChI=1S/C15H20Cl3N2/c1-4-5-6-11-9-15(2,3)19-20(11)14-12(17)7-10(16)8-13(14)18/h7-8,11H,4-6,9H2,1-3H3/q+1. The first-order chi connectivity index (χ1) is 9.34. The molecule has 1 heterocycles. The Morgan fingerprint density at radius 1 is 1.25 bits per heavy atom. The van der Waals surface area contributed by atoms with Crippen LogP contribution >= 0.6 is 34.8 Å². The van der Waals surface area contributed by atoms with Crippen molar-refractivity contribution in [3.05, 3.63) is 27.2 Å². The Balaban J connectivity index is 2.43. The summed E-state index contributed by atoms with van der Waals surface area (Å²) in [5.74, 6) is 0. The molecule has 1 aliphatic heterocycles. The van der Waals surface area contributed by atoms with Gasteiger partial charge >= 0.3 is 0 Å². The Hall–Kier alpha value is -0.310. The largest absolute Gasteiger partial charge is 0.268 e. The molecule has 0 aliphatic carbocycles. The number of halogens is 3. The van der Waals surface area contributed by atoms with E-state index in [1.165, 1.54) is 12.8 Å². The smallest absolute Gasteiger partial charge is 0.0842 e. The highest BCUT2D eigenvalue weighted by Gasteiger charge is 2.43. The zero-order valence-electron chi connectivity index (χ0n) is 12.1. The van der Waals surface area contributed by atoms with Gasteiger partial charge in [-0.25, -0.2) is 0 Å². The van der Waals surface area contributed by atoms with E-state index in [0.717, 1.165) is 18.5 Å². The van der Waals surface area contributed by atoms with E-state index >= 15 is 0 Å². The van der Waals surface area contributed by atoms with Crippen LogP contribution in [0.1, 0.15) is 46.5 Å². The quantitative estimate of drug-likeness (QED) is 0.560. The normalized spacial score (nSPS) is 21.1. The van der Waals surface area contributed by atoms with E-state index in [-0.39, 0.29) is 5.54 Å². The molecule has 1 aromatic rings. The summed E-state index contributed by atoms with van der Waals surface area (Å²) in [6.45, 7) is 6.48. The maximum Gasteiger partial charge on any atom is 0.268 e. The van der Waals surface area contributed by atoms with Gasteiger partial charge in [-0.05, 0) is 37.5 Å². The van der Waals surface area contributed by atoms with E-state index < -0.39 is 0 Å². The number of benzene rings is 1. The first-order valence-electron chi connectivity index (χ1n) is 7.00. The lowest BCUT2D eigenvalue weighted by molar-refractivity contribution is -0.539. The Morgan fingerprint density at radius 3 is 2.40 bits per heavy atom. The van der Waals surface area contributed by atoms with Crippen molar-refractivity contribution in [1.82, 2.24) is 0 Å². The van der Waals surface area contributed by atoms with Crippen molar-refractivity contribution in [1.29, 1.82) is 0 Å². The van der Waals surface area contributed by atoms with Gasteiger partial charge in [-0.1, -0.05) is 52.8 Å². The molecule has 0 saturated heterocycles. The average molecular weight is 335 g/mol. The molecule has 1 aromatic carbocycles. The number of hydrogen-bond acceptors (Lipinski definition) is 1. The van der Waals surface area contributed by atoms with Crippen LogP contribution in [0.4, 0.5) is 5.69 Å². The highest BCUT2D eigenvalue weighted by Crippen LogP contribution is 2.42. The summed E-state index contributed by atoms with van der Waals surface area (Å²) >= 11 is 18.7. The van der Waals surface area contributed by atoms with Gasteiger partial charge in [-0.3, -0.25) is 0 Å². The van der Waals surface area contributed by atoms with Crippen molar-refractivity contribution in [2.45, 2.75) is 58.0 Å². The molecule has 0 fully saturated rings. The summed E-state index contributed by atoms with van der Waals surface area (Å²) in [5.41, 5.74) is 0.703. The predicted molar refractivity (Wildman–Crippen MR) is 85.8 cm³/mol. The van der Waals surface area contributed by atoms with Crippen LogP contribution in [0.25, 0.3) is 0 Å². The van der Waals surface area contributed by atoms with E-state index in [1.54, 1.807) is 12.1 Å². The number of rotatable bonds is 4. The molecule has 5 heteroatoms. The summed E-state index contributed by atoms with van der Waals surface area (Å²) < 4.78 is 2.01. The summed E-state index contributed by atoms with van der Waals surface area (Å²) in [6.07, 6.45) is 4.46. The lowest BCUT2D eigenvalue weighted by Gasteiger charge is -2.10. The van der Waals surface area contributed by atoms with Crippen LogP contribution < -0.4 is 0 Å². The number of azo groups is 2. The molecule has 0 bridgehead atoms. The maximum atomic E-state index is 6.34. The molecule has 110 valence electrons. The third-order valence-corrected chi connectivity index (χ3v) is 4.36. The summed E-state index contributed by atoms with van der Waals surface area (Å²) in [6, 6.07) is 3.80. The van der Waals surface area contributed by atoms with Crippen molar-refractivity contribution in [3.8, 4) is 0 Å². The Labute approximate surface area is 135 Å². The van der Waals surface area contributed by atoms with Crippen LogP contribution in [0.3, 0.4) is 0 Å². The van der Waals surface area contributed by atoms with Gasteiger partial charge in [0.05, 0.1) is 0 Å². The molecule has 2 nitrogen and oxygen atoms in total. The molecule has 20 heavy (non-hydrogen) atoms. The van der Waals surface area contributed by atoms with Gasteiger partial charge in [0.15, 0.2) is 6.04 Å². The number of unbranched alkanes of at least 4 members (excludes halogenated alkanes) is 1. The van der Waals surface area contributed by atoms with Gasteiger partial charge in [-0.2, -0.15) is 0 Å². The second-order valence-corrected chi connectivity index (χ2v) is 7.23. The molecule has 0 aromatic heterocycles. The number of nitrogens with zero attached hydrogens (tertiary/aromatic N) is 2. The van der Waals surface area contributed by atoms with Crippen molar-refractivity contribution in [2.75, 3.05) is 0 Å². The van der Waals surface area contributed by atoms with Gasteiger partial charge < -0.3 is 0 Å². The molecule has 0 radical (unpaired) electrons. The van der Waals surface area contributed by atoms with Crippen molar-refractivity contribution >= 4 is 40.5 Å². The average Bonchev–Trinajstić information content (AvgIpc) is 2.60. The van der Waals surface area contributed by atoms with Crippen LogP contribution in [0.5, 0.6) is 0 Å². The topological polar surface area (TPSA) is 15.4 Å². The molecule has 1 atom stereocenters. The zero-order valence-corrected chi connectivity index (χ0v) is 14.4. The molecule has 1 aliphatic rings. The molecule has 1 unspecified atom stereocenters. The van der Waals surface area contributed by atoms with Gasteiger partial charge in [0.1, 0.15) is 15.6 Å². The molecule has 2 rings (SSSR count). The number of hydrogen-bond donors (Lipinski definition) is 0. The summed E-state index contributed by atoms with van der Waals surface area (Å²) in [5, 5.41) is 6.47.